The Kier molecular flexibility index (Phi) is 3.74. The fourth-order valence-corrected chi connectivity index (χ4v) is 1.77. The van der Waals surface area contributed by atoms with Crippen LogP contribution < -0.4 is 5.32 Å². The molecule has 5 heteroatoms. The Morgan fingerprint density at radius 1 is 1.39 bits per heavy atom. The second kappa shape index (κ2) is 5.46. The van der Waals surface area contributed by atoms with Gasteiger partial charge >= 0.3 is 5.97 Å². The van der Waals surface area contributed by atoms with Gasteiger partial charge in [-0.1, -0.05) is 30.3 Å². The standard InChI is InChI=1S/C13H15N3O2/c1-16-11(7-8-15-16)9-14-12(13(17)18)10-5-3-2-4-6-10/h2-8,12,14H,9H2,1H3,(H,17,18). The normalized spacial score (nSPS) is 12.3. The van der Waals surface area contributed by atoms with E-state index in [1.165, 1.54) is 0 Å². The molecular formula is C13H15N3O2. The van der Waals surface area contributed by atoms with Gasteiger partial charge < -0.3 is 5.11 Å². The van der Waals surface area contributed by atoms with Gasteiger partial charge in [-0.2, -0.15) is 5.10 Å². The van der Waals surface area contributed by atoms with Crippen LogP contribution in [0.2, 0.25) is 0 Å². The third-order valence-corrected chi connectivity index (χ3v) is 2.79. The number of aryl methyl sites for hydroxylation is 1. The molecule has 0 aliphatic carbocycles. The van der Waals surface area contributed by atoms with E-state index in [-0.39, 0.29) is 0 Å². The van der Waals surface area contributed by atoms with Crippen LogP contribution in [0.1, 0.15) is 17.3 Å². The average molecular weight is 245 g/mol. The Bertz CT molecular complexity index is 522. The lowest BCUT2D eigenvalue weighted by molar-refractivity contribution is -0.139. The molecule has 0 spiro atoms. The molecule has 1 aromatic heterocycles. The maximum Gasteiger partial charge on any atom is 0.325 e. The molecule has 0 aliphatic rings. The van der Waals surface area contributed by atoms with Gasteiger partial charge in [-0.3, -0.25) is 14.8 Å². The highest BCUT2D eigenvalue weighted by molar-refractivity contribution is 5.75. The molecule has 18 heavy (non-hydrogen) atoms. The molecule has 0 amide bonds. The minimum atomic E-state index is -0.886. The third-order valence-electron chi connectivity index (χ3n) is 2.79. The number of hydrogen-bond donors (Lipinski definition) is 2. The van der Waals surface area contributed by atoms with E-state index in [1.54, 1.807) is 23.0 Å². The fourth-order valence-electron chi connectivity index (χ4n) is 1.77. The van der Waals surface area contributed by atoms with Gasteiger partial charge in [0.1, 0.15) is 6.04 Å². The summed E-state index contributed by atoms with van der Waals surface area (Å²) in [5, 5.41) is 16.3. The minimum absolute atomic E-state index is 0.461. The lowest BCUT2D eigenvalue weighted by Crippen LogP contribution is -2.28. The Labute approximate surface area is 105 Å². The molecule has 0 fully saturated rings. The van der Waals surface area contributed by atoms with Crippen molar-refractivity contribution in [3.8, 4) is 0 Å². The molecule has 1 aromatic carbocycles. The molecule has 5 nitrogen and oxygen atoms in total. The number of carboxylic acid groups (broad SMARTS) is 1. The van der Waals surface area contributed by atoms with Gasteiger partial charge in [0.05, 0.1) is 5.69 Å². The van der Waals surface area contributed by atoms with Crippen molar-refractivity contribution < 1.29 is 9.90 Å². The summed E-state index contributed by atoms with van der Waals surface area (Å²) in [6, 6.07) is 10.3. The number of aromatic nitrogens is 2. The maximum atomic E-state index is 11.3. The smallest absolute Gasteiger partial charge is 0.325 e. The van der Waals surface area contributed by atoms with E-state index < -0.39 is 12.0 Å². The number of nitrogens with one attached hydrogen (secondary N) is 1. The maximum absolute atomic E-state index is 11.3. The van der Waals surface area contributed by atoms with Gasteiger partial charge in [0.2, 0.25) is 0 Å². The summed E-state index contributed by atoms with van der Waals surface area (Å²) in [4.78, 5) is 11.3. The molecule has 2 aromatic rings. The van der Waals surface area contributed by atoms with Crippen LogP contribution in [0.4, 0.5) is 0 Å². The molecule has 0 bridgehead atoms. The van der Waals surface area contributed by atoms with Gasteiger partial charge in [-0.25, -0.2) is 0 Å². The van der Waals surface area contributed by atoms with Crippen LogP contribution in [-0.4, -0.2) is 20.9 Å². The molecule has 0 radical (unpaired) electrons. The van der Waals surface area contributed by atoms with Crippen molar-refractivity contribution >= 4 is 5.97 Å². The molecule has 0 aliphatic heterocycles. The predicted molar refractivity (Wildman–Crippen MR) is 66.9 cm³/mol. The average Bonchev–Trinajstić information content (AvgIpc) is 2.76. The zero-order valence-corrected chi connectivity index (χ0v) is 10.1. The number of nitrogens with zero attached hydrogens (tertiary/aromatic N) is 2. The molecule has 0 saturated heterocycles. The molecule has 1 unspecified atom stereocenters. The topological polar surface area (TPSA) is 67.2 Å². The van der Waals surface area contributed by atoms with Crippen molar-refractivity contribution in [1.29, 1.82) is 0 Å². The lowest BCUT2D eigenvalue weighted by Gasteiger charge is -2.14. The number of hydrogen-bond acceptors (Lipinski definition) is 3. The first-order valence-electron chi connectivity index (χ1n) is 5.66. The van der Waals surface area contributed by atoms with Gasteiger partial charge in [-0.05, 0) is 11.6 Å². The summed E-state index contributed by atoms with van der Waals surface area (Å²) < 4.78 is 1.72. The molecule has 94 valence electrons. The van der Waals surface area contributed by atoms with Crippen LogP contribution in [0.25, 0.3) is 0 Å². The fraction of sp³-hybridized carbons (Fsp3) is 0.231. The van der Waals surface area contributed by atoms with Crippen LogP contribution in [0.3, 0.4) is 0 Å². The van der Waals surface area contributed by atoms with Crippen molar-refractivity contribution in [2.45, 2.75) is 12.6 Å². The second-order valence-electron chi connectivity index (χ2n) is 4.01. The molecule has 2 N–H and O–H groups in total. The molecular weight excluding hydrogens is 230 g/mol. The van der Waals surface area contributed by atoms with Crippen molar-refractivity contribution in [2.75, 3.05) is 0 Å². The number of aliphatic carboxylic acids is 1. The Morgan fingerprint density at radius 2 is 2.11 bits per heavy atom. The van der Waals surface area contributed by atoms with Crippen molar-refractivity contribution in [1.82, 2.24) is 15.1 Å². The highest BCUT2D eigenvalue weighted by Crippen LogP contribution is 2.13. The Hall–Kier alpha value is -2.14. The van der Waals surface area contributed by atoms with Crippen LogP contribution in [0.15, 0.2) is 42.6 Å². The third kappa shape index (κ3) is 2.75. The quantitative estimate of drug-likeness (QED) is 0.834. The molecule has 2 rings (SSSR count). The van der Waals surface area contributed by atoms with E-state index in [9.17, 15) is 9.90 Å². The van der Waals surface area contributed by atoms with Gasteiger partial charge in [-0.15, -0.1) is 0 Å². The Morgan fingerprint density at radius 3 is 2.67 bits per heavy atom. The van der Waals surface area contributed by atoms with Crippen LogP contribution >= 0.6 is 0 Å². The monoisotopic (exact) mass is 245 g/mol. The largest absolute Gasteiger partial charge is 0.480 e. The highest BCUT2D eigenvalue weighted by atomic mass is 16.4. The second-order valence-corrected chi connectivity index (χ2v) is 4.01. The zero-order chi connectivity index (χ0) is 13.0. The lowest BCUT2D eigenvalue weighted by atomic mass is 10.1. The van der Waals surface area contributed by atoms with E-state index in [2.05, 4.69) is 10.4 Å². The number of carboxylic acids is 1. The summed E-state index contributed by atoms with van der Waals surface area (Å²) in [6.45, 7) is 0.461. The summed E-state index contributed by atoms with van der Waals surface area (Å²) in [5.41, 5.74) is 1.68. The highest BCUT2D eigenvalue weighted by Gasteiger charge is 2.18. The van der Waals surface area contributed by atoms with Gasteiger partial charge in [0.25, 0.3) is 0 Å². The minimum Gasteiger partial charge on any atom is -0.480 e. The SMILES string of the molecule is Cn1nccc1CNC(C(=O)O)c1ccccc1. The van der Waals surface area contributed by atoms with E-state index in [0.717, 1.165) is 11.3 Å². The van der Waals surface area contributed by atoms with Gasteiger partial charge in [0, 0.05) is 19.8 Å². The molecule has 0 saturated carbocycles. The van der Waals surface area contributed by atoms with Crippen LogP contribution in [0, 0.1) is 0 Å². The first-order valence-corrected chi connectivity index (χ1v) is 5.66. The van der Waals surface area contributed by atoms with Crippen molar-refractivity contribution in [3.05, 3.63) is 53.9 Å². The number of rotatable bonds is 5. The first-order chi connectivity index (χ1) is 8.68. The zero-order valence-electron chi connectivity index (χ0n) is 10.1. The molecule has 1 heterocycles. The summed E-state index contributed by atoms with van der Waals surface area (Å²) in [5.74, 6) is -0.886. The van der Waals surface area contributed by atoms with Gasteiger partial charge in [0.15, 0.2) is 0 Å². The molecule has 1 atom stereocenters. The van der Waals surface area contributed by atoms with Crippen LogP contribution in [0.5, 0.6) is 0 Å². The number of benzene rings is 1. The first kappa shape index (κ1) is 12.3. The summed E-state index contributed by atoms with van der Waals surface area (Å²) >= 11 is 0. The van der Waals surface area contributed by atoms with Crippen molar-refractivity contribution in [2.24, 2.45) is 7.05 Å². The predicted octanol–water partition coefficient (Wildman–Crippen LogP) is 1.34. The van der Waals surface area contributed by atoms with E-state index in [0.29, 0.717) is 6.54 Å². The summed E-state index contributed by atoms with van der Waals surface area (Å²) in [7, 11) is 1.83. The van der Waals surface area contributed by atoms with Crippen molar-refractivity contribution in [3.63, 3.8) is 0 Å². The Balaban J connectivity index is 2.09. The van der Waals surface area contributed by atoms with E-state index >= 15 is 0 Å². The number of carbonyl (C=O) groups is 1. The summed E-state index contributed by atoms with van der Waals surface area (Å²) in [6.07, 6.45) is 1.69. The van der Waals surface area contributed by atoms with E-state index in [4.69, 9.17) is 0 Å². The van der Waals surface area contributed by atoms with Crippen LogP contribution in [-0.2, 0) is 18.4 Å². The van der Waals surface area contributed by atoms with E-state index in [1.807, 2.05) is 31.3 Å².